The van der Waals surface area contributed by atoms with E-state index in [2.05, 4.69) is 64.5 Å². The van der Waals surface area contributed by atoms with Crippen LogP contribution in [-0.4, -0.2) is 251 Å². The van der Waals surface area contributed by atoms with Crippen molar-refractivity contribution in [1.29, 1.82) is 0 Å². The molecule has 43 heteroatoms. The Balaban J connectivity index is -0.000000315. The number of nitrogens with one attached hydrogen (secondary N) is 4. The zero-order chi connectivity index (χ0) is 118. The van der Waals surface area contributed by atoms with E-state index in [0.717, 1.165) is 49.8 Å². The summed E-state index contributed by atoms with van der Waals surface area (Å²) in [6, 6.07) is 5.53. The van der Waals surface area contributed by atoms with Gasteiger partial charge in [-0.2, -0.15) is 0 Å². The van der Waals surface area contributed by atoms with Gasteiger partial charge in [0.05, 0.1) is 74.8 Å². The Morgan fingerprint density at radius 2 is 0.607 bits per heavy atom. The fourth-order valence-electron chi connectivity index (χ4n) is 9.98. The summed E-state index contributed by atoms with van der Waals surface area (Å²) >= 11 is 0. The minimum Gasteiger partial charge on any atom is -0.756 e. The standard InChI is InChI=1S/2C17H29NO4.C16H34NO6P.C15H24NO6P.C14H24O6.C12H20O5.2C8H18N2O/c2*1-6-17(4,5)16(21)18-11-7-9-14(19)10-8-12-22-15(20)13(2)3;1-7-16(5,6)15(18)21-13-14-23-24(19,20)22-12-11-17(8-2,9-3)10-4;1-4-15(2,3)14(17)20-12-13-22-23(18,19)21-11-10-16-8-6-5-7-9-16;1-7-13(2,3)10(15)19-8-9-20-12(17)14(4,5)11(16)18-6;1-5-12(3,4)11(15)17-7-6-16-10(14)8-9(2)13;2*1-4-8(2,3)7(11)10-6-5-9/h2*2,6-12H2,1,3-5H3,(H,18,21);7-14H2,1-6H3;5-9H,4,10-13H2,1-3H3;7-9H2,1-6H3;5-8H2,1-4H3;2*4-6,9H2,1-3H3,(H,10,11). The lowest BCUT2D eigenvalue weighted by Gasteiger charge is -2.36. The number of pyridine rings is 1. The molecule has 0 bridgehead atoms. The third-order valence-corrected chi connectivity index (χ3v) is 26.9. The van der Waals surface area contributed by atoms with Crippen molar-refractivity contribution < 1.29 is 165 Å². The average Bonchev–Trinajstić information content (AvgIpc) is 0.847. The van der Waals surface area contributed by atoms with E-state index in [1.807, 2.05) is 129 Å². The minimum absolute atomic E-state index is 0.0162. The predicted octanol–water partition coefficient (Wildman–Crippen LogP) is 13.6. The van der Waals surface area contributed by atoms with Gasteiger partial charge in [0.1, 0.15) is 83.2 Å². The Morgan fingerprint density at radius 1 is 0.340 bits per heavy atom. The van der Waals surface area contributed by atoms with Gasteiger partial charge in [-0.3, -0.25) is 76.3 Å². The Bertz CT molecular complexity index is 4140. The monoisotopic (exact) mass is 2180 g/mol. The number of amides is 4. The largest absolute Gasteiger partial charge is 0.756 e. The van der Waals surface area contributed by atoms with E-state index in [1.165, 1.54) is 27.9 Å². The van der Waals surface area contributed by atoms with Crippen LogP contribution in [0.15, 0.2) is 54.9 Å². The first-order valence-corrected chi connectivity index (χ1v) is 55.0. The van der Waals surface area contributed by atoms with Crippen LogP contribution >= 0.6 is 15.6 Å². The van der Waals surface area contributed by atoms with Gasteiger partial charge in [0.2, 0.25) is 23.6 Å². The number of hydrogen-bond donors (Lipinski definition) is 6. The summed E-state index contributed by atoms with van der Waals surface area (Å²) in [7, 11) is -7.56. The van der Waals surface area contributed by atoms with Gasteiger partial charge in [-0.25, -0.2) is 14.2 Å². The number of esters is 9. The van der Waals surface area contributed by atoms with Gasteiger partial charge in [0, 0.05) is 110 Å². The lowest BCUT2D eigenvalue weighted by Crippen LogP contribution is -2.49. The molecule has 150 heavy (non-hydrogen) atoms. The fourth-order valence-corrected chi connectivity index (χ4v) is 11.3. The topological polar surface area (TPSA) is 577 Å². The molecule has 0 fully saturated rings. The van der Waals surface area contributed by atoms with Crippen LogP contribution in [0.5, 0.6) is 0 Å². The first-order chi connectivity index (χ1) is 69.2. The van der Waals surface area contributed by atoms with Gasteiger partial charge < -0.3 is 108 Å². The van der Waals surface area contributed by atoms with E-state index in [-0.39, 0.29) is 172 Å². The minimum atomic E-state index is -4.39. The van der Waals surface area contributed by atoms with Crippen molar-refractivity contribution in [3.63, 3.8) is 0 Å². The van der Waals surface area contributed by atoms with E-state index < -0.39 is 72.6 Å². The molecule has 0 saturated carbocycles. The summed E-state index contributed by atoms with van der Waals surface area (Å²) in [6.07, 6.45) is 13.2. The summed E-state index contributed by atoms with van der Waals surface area (Å²) < 4.78 is 88.8. The maximum Gasteiger partial charge on any atom is 0.333 e. The number of carbonyl (C=O) groups excluding carboxylic acids is 16. The van der Waals surface area contributed by atoms with Crippen molar-refractivity contribution in [3.8, 4) is 0 Å². The Kier molecular flexibility index (Phi) is 83.6. The van der Waals surface area contributed by atoms with E-state index in [1.54, 1.807) is 86.2 Å². The molecule has 2 unspecified atom stereocenters. The number of aromatic nitrogens is 1. The molecular weight excluding hydrogens is 1990 g/mol. The van der Waals surface area contributed by atoms with Crippen molar-refractivity contribution in [2.24, 2.45) is 60.2 Å². The van der Waals surface area contributed by atoms with Crippen LogP contribution in [0.25, 0.3) is 0 Å². The van der Waals surface area contributed by atoms with Crippen molar-refractivity contribution in [1.82, 2.24) is 21.3 Å². The van der Waals surface area contributed by atoms with Gasteiger partial charge in [0.15, 0.2) is 24.4 Å². The average molecular weight is 2180 g/mol. The molecule has 2 atom stereocenters. The summed E-state index contributed by atoms with van der Waals surface area (Å²) in [5.74, 6) is -4.03. The number of quaternary nitrogens is 1. The summed E-state index contributed by atoms with van der Waals surface area (Å²) in [5, 5.41) is 11.2. The normalized spacial score (nSPS) is 12.2. The first-order valence-electron chi connectivity index (χ1n) is 52.0. The van der Waals surface area contributed by atoms with Crippen LogP contribution < -0.4 is 47.1 Å². The Hall–Kier alpha value is -9.15. The highest BCUT2D eigenvalue weighted by atomic mass is 31.2. The summed E-state index contributed by atoms with van der Waals surface area (Å²) in [4.78, 5) is 206. The van der Waals surface area contributed by atoms with Crippen molar-refractivity contribution in [2.75, 3.05) is 152 Å². The van der Waals surface area contributed by atoms with E-state index in [0.29, 0.717) is 141 Å². The van der Waals surface area contributed by atoms with Crippen LogP contribution in [0.3, 0.4) is 0 Å². The molecule has 8 N–H and O–H groups in total. The van der Waals surface area contributed by atoms with Gasteiger partial charge in [-0.05, 0) is 188 Å². The number of hydrogen-bond acceptors (Lipinski definition) is 35. The quantitative estimate of drug-likeness (QED) is 0.00515. The number of ether oxygens (including phenoxy) is 9. The number of methoxy groups -OCH3 is 1. The molecule has 0 radical (unpaired) electrons. The molecule has 0 aliphatic carbocycles. The zero-order valence-electron chi connectivity index (χ0n) is 97.5. The molecule has 1 heterocycles. The highest BCUT2D eigenvalue weighted by molar-refractivity contribution is 7.46. The van der Waals surface area contributed by atoms with Crippen LogP contribution in [0.1, 0.15) is 331 Å². The van der Waals surface area contributed by atoms with Gasteiger partial charge >= 0.3 is 53.7 Å². The molecule has 4 amide bonds. The number of phosphoric acid groups is 2. The van der Waals surface area contributed by atoms with Gasteiger partial charge in [-0.15, -0.1) is 0 Å². The highest BCUT2D eigenvalue weighted by Gasteiger charge is 2.40. The van der Waals surface area contributed by atoms with Crippen molar-refractivity contribution >= 4 is 110 Å². The summed E-state index contributed by atoms with van der Waals surface area (Å²) in [5.41, 5.74) is 6.34. The number of nitrogens with zero attached hydrogens (tertiary/aromatic N) is 2. The smallest absolute Gasteiger partial charge is 0.333 e. The second-order valence-corrected chi connectivity index (χ2v) is 43.9. The van der Waals surface area contributed by atoms with Crippen molar-refractivity contribution in [3.05, 3.63) is 54.9 Å². The lowest BCUT2D eigenvalue weighted by molar-refractivity contribution is -0.923. The maximum absolute atomic E-state index is 11.8. The lowest BCUT2D eigenvalue weighted by atomic mass is 9.89. The predicted molar refractivity (Wildman–Crippen MR) is 570 cm³/mol. The summed E-state index contributed by atoms with van der Waals surface area (Å²) in [6.45, 7) is 72.1. The third-order valence-electron chi connectivity index (χ3n) is 24.9. The van der Waals surface area contributed by atoms with Crippen LogP contribution in [0.2, 0.25) is 0 Å². The molecular formula is C107H196N8O33P2. The van der Waals surface area contributed by atoms with E-state index in [4.69, 9.17) is 62.9 Å². The highest BCUT2D eigenvalue weighted by Crippen LogP contribution is 2.39. The molecule has 1 aromatic rings. The molecule has 1 rings (SSSR count). The molecule has 0 spiro atoms. The second-order valence-electron chi connectivity index (χ2n) is 41.1. The molecule has 0 aromatic carbocycles. The van der Waals surface area contributed by atoms with Crippen molar-refractivity contribution in [2.45, 2.75) is 337 Å². The van der Waals surface area contributed by atoms with Crippen LogP contribution in [0.4, 0.5) is 0 Å². The number of Topliss-reactive ketones (excluding diaryl/α,β-unsaturated/α-hetero) is 3. The number of ketones is 3. The van der Waals surface area contributed by atoms with E-state index in [9.17, 15) is 95.6 Å². The number of nitrogens with two attached hydrogens (primary N) is 2. The van der Waals surface area contributed by atoms with Gasteiger partial charge in [0.25, 0.3) is 15.6 Å². The van der Waals surface area contributed by atoms with Gasteiger partial charge in [-0.1, -0.05) is 130 Å². The molecule has 0 saturated heterocycles. The molecule has 1 aromatic heterocycles. The molecule has 0 aliphatic heterocycles. The van der Waals surface area contributed by atoms with Crippen LogP contribution in [0, 0.1) is 48.7 Å². The SMILES string of the molecule is C=C(C)C(=O)OCCCC(=O)CCCNC(=O)C(C)(C)CC.C=C(C)C(=O)OCCCC(=O)CCCNC(=O)C(C)(C)CC.CCC(C)(C)C(=O)NCCN.CCC(C)(C)C(=O)NCCN.CCC(C)(C)C(=O)OCCOC(=O)C(C)(C)C(=O)OC.CCC(C)(C)C(=O)OCCOC(=O)CC(C)=O.CCC(C)(C)C(=O)OCCOP(=O)([O-])OCC[N+](CC)(CC)CC.CCC(C)(C)C(=O)OCCOP(=O)([O-])OCC[n+]1ccccc1. The first kappa shape index (κ1) is 154. The number of likely N-dealkylation sites (N-methyl/N-ethyl adjacent to an activating group) is 1. The Labute approximate surface area is 896 Å². The fraction of sp³-hybridized carbons (Fsp3) is 0.766. The van der Waals surface area contributed by atoms with Crippen LogP contribution in [-0.2, 0) is 153 Å². The maximum atomic E-state index is 11.8. The van der Waals surface area contributed by atoms with E-state index >= 15 is 0 Å². The molecule has 872 valence electrons. The number of carbonyl (C=O) groups is 16. The Morgan fingerprint density at radius 3 is 0.880 bits per heavy atom. The number of phosphoric ester groups is 2. The zero-order valence-corrected chi connectivity index (χ0v) is 99.3. The second kappa shape index (κ2) is 81.5. The molecule has 41 nitrogen and oxygen atoms in total. The number of rotatable bonds is 67. The molecule has 0 aliphatic rings. The third kappa shape index (κ3) is 75.6.